The lowest BCUT2D eigenvalue weighted by atomic mass is 9.64. The minimum absolute atomic E-state index is 0.160. The molecule has 0 aliphatic carbocycles. The van der Waals surface area contributed by atoms with E-state index in [-0.39, 0.29) is 21.9 Å². The standard InChI is InChI=1S/C54H27B7N2O/c55-45-41(46(56)50(60)53-43(45)44-47(57)48(58)49(59)51(61)54(44)63(53)38-18-10-20-40-42(38)35-15-7-8-19-39(35)64-40)31-23-26-37-36(27-31)34-17-9-16-33(30-13-5-2-6-14-30)52(34)62(37)32-24-21-29(22-25-32)28-11-3-1-4-12-28/h1-27H. The van der Waals surface area contributed by atoms with Gasteiger partial charge in [-0.15, -0.1) is 10.9 Å². The molecule has 0 unspecified atom stereocenters. The third-order valence-electron chi connectivity index (χ3n) is 12.9. The van der Waals surface area contributed by atoms with E-state index in [0.29, 0.717) is 49.3 Å². The lowest BCUT2D eigenvalue weighted by molar-refractivity contribution is 0.669. The number of benzene rings is 9. The fourth-order valence-corrected chi connectivity index (χ4v) is 9.96. The molecule has 12 rings (SSSR count). The Morgan fingerprint density at radius 1 is 0.344 bits per heavy atom. The van der Waals surface area contributed by atoms with Crippen LogP contribution in [0.5, 0.6) is 0 Å². The quantitative estimate of drug-likeness (QED) is 0.187. The molecule has 0 fully saturated rings. The van der Waals surface area contributed by atoms with E-state index in [1.807, 2.05) is 65.2 Å². The molecule has 0 aliphatic rings. The van der Waals surface area contributed by atoms with Crippen molar-refractivity contribution in [2.75, 3.05) is 0 Å². The highest BCUT2D eigenvalue weighted by Crippen LogP contribution is 2.41. The number of fused-ring (bicyclic) bond motifs is 9. The number of hydrogen-bond donors (Lipinski definition) is 0. The summed E-state index contributed by atoms with van der Waals surface area (Å²) in [7, 11) is 49.1. The molecule has 10 heteroatoms. The summed E-state index contributed by atoms with van der Waals surface area (Å²) >= 11 is 0. The van der Waals surface area contributed by atoms with E-state index in [4.69, 9.17) is 59.3 Å². The molecule has 280 valence electrons. The summed E-state index contributed by atoms with van der Waals surface area (Å²) in [6.07, 6.45) is 0. The van der Waals surface area contributed by atoms with Crippen LogP contribution in [0, 0.1) is 0 Å². The van der Waals surface area contributed by atoms with E-state index in [1.165, 1.54) is 0 Å². The predicted molar refractivity (Wildman–Crippen MR) is 276 cm³/mol. The molecule has 0 saturated carbocycles. The number of furan rings is 1. The van der Waals surface area contributed by atoms with Crippen LogP contribution in [-0.2, 0) is 0 Å². The molecular weight excluding hydrogens is 768 g/mol. The first-order valence-corrected chi connectivity index (χ1v) is 21.0. The van der Waals surface area contributed by atoms with Crippen LogP contribution in [0.4, 0.5) is 0 Å². The number of aromatic nitrogens is 2. The maximum atomic E-state index is 7.44. The Morgan fingerprint density at radius 3 is 1.67 bits per heavy atom. The maximum absolute atomic E-state index is 7.44. The van der Waals surface area contributed by atoms with Crippen LogP contribution < -0.4 is 38.2 Å². The zero-order valence-corrected chi connectivity index (χ0v) is 34.4. The van der Waals surface area contributed by atoms with Crippen LogP contribution in [0.3, 0.4) is 0 Å². The first-order valence-electron chi connectivity index (χ1n) is 21.0. The number of para-hydroxylation sites is 2. The summed E-state index contributed by atoms with van der Waals surface area (Å²) in [5.41, 5.74) is 13.9. The number of nitrogens with zero attached hydrogens (tertiary/aromatic N) is 2. The molecule has 0 saturated heterocycles. The van der Waals surface area contributed by atoms with Crippen molar-refractivity contribution in [3.05, 3.63) is 164 Å². The minimum Gasteiger partial charge on any atom is -0.456 e. The van der Waals surface area contributed by atoms with Crippen LogP contribution >= 0.6 is 0 Å². The summed E-state index contributed by atoms with van der Waals surface area (Å²) in [5.74, 6) is 0. The van der Waals surface area contributed by atoms with Crippen LogP contribution in [0.25, 0.3) is 110 Å². The van der Waals surface area contributed by atoms with Crippen molar-refractivity contribution in [2.24, 2.45) is 0 Å². The van der Waals surface area contributed by atoms with Gasteiger partial charge in [0.05, 0.1) is 22.1 Å². The van der Waals surface area contributed by atoms with Gasteiger partial charge in [0.15, 0.2) is 0 Å². The SMILES string of the molecule is [B]c1c([B])c([B])c2c(c1[B])c1c([B])c(-c3ccc4c(c3)c3cccc(-c5ccccc5)c3n4-c3ccc(-c4ccccc4)cc3)c([B])c([B])c1n2-c1cccc2oc3ccccc3c12. The van der Waals surface area contributed by atoms with Crippen LogP contribution in [-0.4, -0.2) is 64.1 Å². The van der Waals surface area contributed by atoms with Crippen molar-refractivity contribution in [1.29, 1.82) is 0 Å². The second-order valence-electron chi connectivity index (χ2n) is 16.3. The van der Waals surface area contributed by atoms with Crippen LogP contribution in [0.1, 0.15) is 0 Å². The molecule has 3 nitrogen and oxygen atoms in total. The third kappa shape index (κ3) is 5.45. The fraction of sp³-hybridized carbons (Fsp3) is 0. The number of hydrogen-bond acceptors (Lipinski definition) is 1. The Kier molecular flexibility index (Phi) is 8.69. The van der Waals surface area contributed by atoms with Gasteiger partial charge in [-0.3, -0.25) is 0 Å². The van der Waals surface area contributed by atoms with Crippen LogP contribution in [0.2, 0.25) is 0 Å². The van der Waals surface area contributed by atoms with Gasteiger partial charge in [0.1, 0.15) is 66.1 Å². The van der Waals surface area contributed by atoms with Crippen molar-refractivity contribution < 1.29 is 4.42 Å². The van der Waals surface area contributed by atoms with Gasteiger partial charge in [0.25, 0.3) is 0 Å². The van der Waals surface area contributed by atoms with E-state index in [1.54, 1.807) is 0 Å². The largest absolute Gasteiger partial charge is 0.456 e. The predicted octanol–water partition coefficient (Wildman–Crippen LogP) is 6.34. The van der Waals surface area contributed by atoms with Gasteiger partial charge in [-0.05, 0) is 75.7 Å². The smallest absolute Gasteiger partial charge is 0.137 e. The molecule has 0 N–H and O–H groups in total. The van der Waals surface area contributed by atoms with Gasteiger partial charge in [-0.2, -0.15) is 0 Å². The van der Waals surface area contributed by atoms with Gasteiger partial charge >= 0.3 is 0 Å². The van der Waals surface area contributed by atoms with E-state index >= 15 is 0 Å². The molecule has 64 heavy (non-hydrogen) atoms. The lowest BCUT2D eigenvalue weighted by Crippen LogP contribution is -2.48. The topological polar surface area (TPSA) is 23.0 Å². The molecule has 9 aromatic carbocycles. The molecular formula is C54H27B7N2O. The van der Waals surface area contributed by atoms with Gasteiger partial charge in [-0.1, -0.05) is 149 Å². The van der Waals surface area contributed by atoms with Crippen molar-refractivity contribution >= 4 is 159 Å². The van der Waals surface area contributed by atoms with E-state index in [9.17, 15) is 0 Å². The summed E-state index contributed by atoms with van der Waals surface area (Å²) in [4.78, 5) is 0. The highest BCUT2D eigenvalue weighted by atomic mass is 16.3. The van der Waals surface area contributed by atoms with Gasteiger partial charge in [-0.25, -0.2) is 0 Å². The maximum Gasteiger partial charge on any atom is 0.137 e. The summed E-state index contributed by atoms with van der Waals surface area (Å²) < 4.78 is 10.6. The highest BCUT2D eigenvalue weighted by Gasteiger charge is 2.26. The lowest BCUT2D eigenvalue weighted by Gasteiger charge is -2.19. The molecule has 0 aliphatic heterocycles. The summed E-state index contributed by atoms with van der Waals surface area (Å²) in [6.45, 7) is 0. The zero-order chi connectivity index (χ0) is 43.5. The molecule has 0 spiro atoms. The van der Waals surface area contributed by atoms with E-state index < -0.39 is 0 Å². The molecule has 0 atom stereocenters. The van der Waals surface area contributed by atoms with Crippen molar-refractivity contribution in [2.45, 2.75) is 0 Å². The molecule has 0 amide bonds. The number of rotatable bonds is 5. The monoisotopic (exact) mass is 796 g/mol. The van der Waals surface area contributed by atoms with Crippen molar-refractivity contribution in [1.82, 2.24) is 9.13 Å². The Hall–Kier alpha value is -7.17. The highest BCUT2D eigenvalue weighted by molar-refractivity contribution is 6.69. The third-order valence-corrected chi connectivity index (χ3v) is 12.9. The van der Waals surface area contributed by atoms with Gasteiger partial charge in [0, 0.05) is 43.8 Å². The minimum atomic E-state index is 0.160. The molecule has 12 aromatic rings. The Balaban J connectivity index is 1.15. The second-order valence-corrected chi connectivity index (χ2v) is 16.3. The summed E-state index contributed by atoms with van der Waals surface area (Å²) in [6, 6.07) is 56.0. The molecule has 3 aromatic heterocycles. The first kappa shape index (κ1) is 38.5. The molecule has 14 radical (unpaired) electrons. The average Bonchev–Trinajstić information content (AvgIpc) is 4.01. The normalized spacial score (nSPS) is 11.9. The van der Waals surface area contributed by atoms with Crippen molar-refractivity contribution in [3.8, 4) is 44.8 Å². The second kappa shape index (κ2) is 14.4. The van der Waals surface area contributed by atoms with Crippen LogP contribution in [0.15, 0.2) is 168 Å². The molecule has 3 heterocycles. The van der Waals surface area contributed by atoms with Gasteiger partial charge in [0.2, 0.25) is 0 Å². The Labute approximate surface area is 379 Å². The van der Waals surface area contributed by atoms with Crippen molar-refractivity contribution in [3.63, 3.8) is 0 Å². The Bertz CT molecular complexity index is 3910. The zero-order valence-electron chi connectivity index (χ0n) is 34.4. The van der Waals surface area contributed by atoms with E-state index in [2.05, 4.69) is 108 Å². The molecule has 0 bridgehead atoms. The average molecular weight is 796 g/mol. The van der Waals surface area contributed by atoms with E-state index in [0.717, 1.165) is 77.4 Å². The fourth-order valence-electron chi connectivity index (χ4n) is 9.96. The van der Waals surface area contributed by atoms with Gasteiger partial charge < -0.3 is 13.6 Å². The first-order chi connectivity index (χ1) is 31.2. The Morgan fingerprint density at radius 2 is 0.922 bits per heavy atom. The summed E-state index contributed by atoms with van der Waals surface area (Å²) in [5, 5.41) is 4.91.